The first kappa shape index (κ1) is 22.5. The maximum atomic E-state index is 13.4. The zero-order valence-corrected chi connectivity index (χ0v) is 15.7. The molecule has 30 heavy (non-hydrogen) atoms. The van der Waals surface area contributed by atoms with Gasteiger partial charge in [-0.25, -0.2) is 4.39 Å². The molecule has 2 aromatic rings. The smallest absolute Gasteiger partial charge is 0.345 e. The maximum Gasteiger partial charge on any atom is 0.416 e. The van der Waals surface area contributed by atoms with E-state index in [1.165, 1.54) is 12.1 Å². The van der Waals surface area contributed by atoms with Crippen molar-refractivity contribution in [1.82, 2.24) is 5.32 Å². The number of ether oxygens (including phenoxy) is 2. The monoisotopic (exact) mass is 437 g/mol. The molecule has 1 fully saturated rings. The predicted octanol–water partition coefficient (Wildman–Crippen LogP) is 5.41. The van der Waals surface area contributed by atoms with Crippen molar-refractivity contribution >= 4 is 0 Å². The standard InChI is InChI=1S/C20H18F7NO2/c1-2-29-18(17(28-7-8-30-18)12-3-5-16(21)6-4-12)13-9-14(19(22,23)24)11-15(10-13)20(25,26)27/h3-6,9-11,17,28H,2,7-8H2,1H3. The highest BCUT2D eigenvalue weighted by Crippen LogP contribution is 2.45. The Labute approximate surface area is 167 Å². The van der Waals surface area contributed by atoms with Crippen LogP contribution in [-0.2, 0) is 27.6 Å². The van der Waals surface area contributed by atoms with Gasteiger partial charge in [-0.3, -0.25) is 0 Å². The van der Waals surface area contributed by atoms with Crippen LogP contribution in [0.2, 0.25) is 0 Å². The first-order valence-corrected chi connectivity index (χ1v) is 9.04. The van der Waals surface area contributed by atoms with Crippen LogP contribution in [0.25, 0.3) is 0 Å². The van der Waals surface area contributed by atoms with E-state index >= 15 is 0 Å². The van der Waals surface area contributed by atoms with Gasteiger partial charge in [0.1, 0.15) is 5.82 Å². The lowest BCUT2D eigenvalue weighted by Crippen LogP contribution is -2.52. The molecule has 0 spiro atoms. The molecule has 1 heterocycles. The van der Waals surface area contributed by atoms with Gasteiger partial charge >= 0.3 is 12.4 Å². The summed E-state index contributed by atoms with van der Waals surface area (Å²) in [6.07, 6.45) is -10.0. The van der Waals surface area contributed by atoms with Gasteiger partial charge in [0.25, 0.3) is 0 Å². The lowest BCUT2D eigenvalue weighted by molar-refractivity contribution is -0.278. The van der Waals surface area contributed by atoms with E-state index in [1.807, 2.05) is 0 Å². The Morgan fingerprint density at radius 2 is 1.57 bits per heavy atom. The Kier molecular flexibility index (Phi) is 6.13. The van der Waals surface area contributed by atoms with Crippen molar-refractivity contribution in [2.45, 2.75) is 31.1 Å². The average molecular weight is 437 g/mol. The van der Waals surface area contributed by atoms with E-state index in [0.717, 1.165) is 12.1 Å². The van der Waals surface area contributed by atoms with E-state index in [1.54, 1.807) is 6.92 Å². The van der Waals surface area contributed by atoms with Gasteiger partial charge < -0.3 is 14.8 Å². The van der Waals surface area contributed by atoms with Crippen LogP contribution in [0.1, 0.15) is 35.2 Å². The van der Waals surface area contributed by atoms with Gasteiger partial charge in [0.05, 0.1) is 23.8 Å². The third kappa shape index (κ3) is 4.45. The molecule has 2 atom stereocenters. The second-order valence-electron chi connectivity index (χ2n) is 6.68. The molecular weight excluding hydrogens is 419 g/mol. The Balaban J connectivity index is 2.23. The SMILES string of the molecule is CCOC1(c2cc(C(F)(F)F)cc(C(F)(F)F)c2)OCCNC1c1ccc(F)cc1. The summed E-state index contributed by atoms with van der Waals surface area (Å²) < 4.78 is 105. The minimum Gasteiger partial charge on any atom is -0.345 e. The van der Waals surface area contributed by atoms with Crippen molar-refractivity contribution in [1.29, 1.82) is 0 Å². The van der Waals surface area contributed by atoms with Gasteiger partial charge in [-0.1, -0.05) is 12.1 Å². The lowest BCUT2D eigenvalue weighted by atomic mass is 9.88. The number of alkyl halides is 6. The molecule has 0 amide bonds. The maximum absolute atomic E-state index is 13.4. The fraction of sp³-hybridized carbons (Fsp3) is 0.400. The van der Waals surface area contributed by atoms with E-state index in [4.69, 9.17) is 9.47 Å². The van der Waals surface area contributed by atoms with Gasteiger partial charge in [0.15, 0.2) is 0 Å². The minimum atomic E-state index is -5.02. The van der Waals surface area contributed by atoms with E-state index in [0.29, 0.717) is 17.7 Å². The number of halogens is 7. The van der Waals surface area contributed by atoms with Gasteiger partial charge in [0.2, 0.25) is 5.79 Å². The highest BCUT2D eigenvalue weighted by molar-refractivity contribution is 5.38. The summed E-state index contributed by atoms with van der Waals surface area (Å²) in [6, 6.07) is 5.26. The van der Waals surface area contributed by atoms with E-state index in [-0.39, 0.29) is 25.8 Å². The molecule has 0 aliphatic carbocycles. The number of hydrogen-bond donors (Lipinski definition) is 1. The molecule has 1 aliphatic rings. The van der Waals surface area contributed by atoms with Crippen LogP contribution in [0.4, 0.5) is 30.7 Å². The first-order valence-electron chi connectivity index (χ1n) is 9.04. The summed E-state index contributed by atoms with van der Waals surface area (Å²) in [5, 5.41) is 3.01. The molecule has 2 unspecified atom stereocenters. The number of benzene rings is 2. The zero-order valence-electron chi connectivity index (χ0n) is 15.7. The molecule has 0 bridgehead atoms. The molecule has 2 aromatic carbocycles. The van der Waals surface area contributed by atoms with Crippen LogP contribution in [-0.4, -0.2) is 19.8 Å². The van der Waals surface area contributed by atoms with E-state index in [9.17, 15) is 30.7 Å². The summed E-state index contributed by atoms with van der Waals surface area (Å²) in [5.74, 6) is -2.53. The van der Waals surface area contributed by atoms with E-state index < -0.39 is 46.7 Å². The Morgan fingerprint density at radius 3 is 2.07 bits per heavy atom. The molecule has 1 aliphatic heterocycles. The summed E-state index contributed by atoms with van der Waals surface area (Å²) in [5.41, 5.74) is -3.00. The molecule has 10 heteroatoms. The molecule has 1 saturated heterocycles. The number of rotatable bonds is 4. The molecular formula is C20H18F7NO2. The average Bonchev–Trinajstić information content (AvgIpc) is 2.67. The molecule has 0 saturated carbocycles. The van der Waals surface area contributed by atoms with Gasteiger partial charge in [-0.05, 0) is 42.8 Å². The topological polar surface area (TPSA) is 30.5 Å². The molecule has 0 aromatic heterocycles. The van der Waals surface area contributed by atoms with Crippen LogP contribution < -0.4 is 5.32 Å². The normalized spacial score (nSPS) is 22.9. The van der Waals surface area contributed by atoms with Crippen molar-refractivity contribution in [3.8, 4) is 0 Å². The van der Waals surface area contributed by atoms with Crippen LogP contribution >= 0.6 is 0 Å². The minimum absolute atomic E-state index is 0.0186. The van der Waals surface area contributed by atoms with Crippen molar-refractivity contribution in [2.24, 2.45) is 0 Å². The fourth-order valence-corrected chi connectivity index (χ4v) is 3.44. The van der Waals surface area contributed by atoms with Crippen LogP contribution in [0.15, 0.2) is 42.5 Å². The Morgan fingerprint density at radius 1 is 1.00 bits per heavy atom. The summed E-state index contributed by atoms with van der Waals surface area (Å²) in [7, 11) is 0. The van der Waals surface area contributed by atoms with Crippen LogP contribution in [0, 0.1) is 5.82 Å². The summed E-state index contributed by atoms with van der Waals surface area (Å²) >= 11 is 0. The molecule has 0 radical (unpaired) electrons. The number of morpholine rings is 1. The summed E-state index contributed by atoms with van der Waals surface area (Å²) in [4.78, 5) is 0. The quantitative estimate of drug-likeness (QED) is 0.649. The van der Waals surface area contributed by atoms with Crippen molar-refractivity contribution in [2.75, 3.05) is 19.8 Å². The predicted molar refractivity (Wildman–Crippen MR) is 92.8 cm³/mol. The Hall–Kier alpha value is -2.17. The van der Waals surface area contributed by atoms with Crippen molar-refractivity contribution in [3.63, 3.8) is 0 Å². The molecule has 3 rings (SSSR count). The third-order valence-electron chi connectivity index (χ3n) is 4.70. The highest BCUT2D eigenvalue weighted by atomic mass is 19.4. The number of hydrogen-bond acceptors (Lipinski definition) is 3. The van der Waals surface area contributed by atoms with Crippen molar-refractivity contribution < 1.29 is 40.2 Å². The lowest BCUT2D eigenvalue weighted by Gasteiger charge is -2.44. The Bertz CT molecular complexity index is 844. The highest BCUT2D eigenvalue weighted by Gasteiger charge is 2.48. The van der Waals surface area contributed by atoms with Gasteiger partial charge in [-0.2, -0.15) is 26.3 Å². The molecule has 164 valence electrons. The van der Waals surface area contributed by atoms with Gasteiger partial charge in [-0.15, -0.1) is 0 Å². The number of nitrogens with one attached hydrogen (secondary N) is 1. The zero-order chi connectivity index (χ0) is 22.2. The molecule has 3 nitrogen and oxygen atoms in total. The second kappa shape index (κ2) is 8.16. The van der Waals surface area contributed by atoms with Crippen molar-refractivity contribution in [3.05, 3.63) is 70.5 Å². The summed E-state index contributed by atoms with van der Waals surface area (Å²) in [6.45, 7) is 1.73. The van der Waals surface area contributed by atoms with E-state index in [2.05, 4.69) is 5.32 Å². The molecule has 1 N–H and O–H groups in total. The second-order valence-corrected chi connectivity index (χ2v) is 6.68. The fourth-order valence-electron chi connectivity index (χ4n) is 3.44. The first-order chi connectivity index (χ1) is 14.0. The van der Waals surface area contributed by atoms with Gasteiger partial charge in [0, 0.05) is 18.7 Å². The van der Waals surface area contributed by atoms with Crippen LogP contribution in [0.3, 0.4) is 0 Å². The largest absolute Gasteiger partial charge is 0.416 e. The third-order valence-corrected chi connectivity index (χ3v) is 4.70. The van der Waals surface area contributed by atoms with Crippen LogP contribution in [0.5, 0.6) is 0 Å².